The van der Waals surface area contributed by atoms with Crippen molar-refractivity contribution < 1.29 is 4.79 Å². The van der Waals surface area contributed by atoms with Gasteiger partial charge in [-0.05, 0) is 48.9 Å². The first kappa shape index (κ1) is 15.5. The minimum Gasteiger partial charge on any atom is -0.306 e. The Morgan fingerprint density at radius 1 is 1.41 bits per heavy atom. The number of thiazole rings is 1. The average Bonchev–Trinajstić information content (AvgIpc) is 2.95. The molecule has 0 radical (unpaired) electrons. The Morgan fingerprint density at radius 2 is 2.18 bits per heavy atom. The summed E-state index contributed by atoms with van der Waals surface area (Å²) < 4.78 is 0. The predicted molar refractivity (Wildman–Crippen MR) is 92.4 cm³/mol. The lowest BCUT2D eigenvalue weighted by atomic mass is 9.98. The smallest absolute Gasteiger partial charge is 0.287 e. The predicted octanol–water partition coefficient (Wildman–Crippen LogP) is 4.82. The van der Waals surface area contributed by atoms with Crippen LogP contribution < -0.4 is 4.90 Å². The number of benzene rings is 1. The minimum atomic E-state index is 0.00303. The van der Waals surface area contributed by atoms with E-state index in [2.05, 4.69) is 18.8 Å². The lowest BCUT2D eigenvalue weighted by Crippen LogP contribution is -2.36. The molecule has 0 atom stereocenters. The third-order valence-corrected chi connectivity index (χ3v) is 5.05. The van der Waals surface area contributed by atoms with Crippen molar-refractivity contribution in [1.82, 2.24) is 4.98 Å². The molecule has 3 rings (SSSR count). The molecule has 5 heteroatoms. The van der Waals surface area contributed by atoms with Gasteiger partial charge in [-0.2, -0.15) is 0 Å². The topological polar surface area (TPSA) is 33.2 Å². The normalized spacial score (nSPS) is 14.3. The summed E-state index contributed by atoms with van der Waals surface area (Å²) in [6.07, 6.45) is 1.93. The summed E-state index contributed by atoms with van der Waals surface area (Å²) in [6.45, 7) is 6.93. The van der Waals surface area contributed by atoms with Crippen LogP contribution in [0.25, 0.3) is 0 Å². The number of aromatic nitrogens is 1. The highest BCUT2D eigenvalue weighted by atomic mass is 35.5. The van der Waals surface area contributed by atoms with Crippen LogP contribution in [0, 0.1) is 6.92 Å². The van der Waals surface area contributed by atoms with E-state index in [0.29, 0.717) is 10.9 Å². The summed E-state index contributed by atoms with van der Waals surface area (Å²) >= 11 is 7.59. The monoisotopic (exact) mass is 334 g/mol. The summed E-state index contributed by atoms with van der Waals surface area (Å²) in [6, 6.07) is 3.90. The van der Waals surface area contributed by atoms with Crippen LogP contribution in [0.4, 0.5) is 5.69 Å². The molecule has 1 aliphatic heterocycles. The van der Waals surface area contributed by atoms with E-state index < -0.39 is 0 Å². The van der Waals surface area contributed by atoms with Crippen molar-refractivity contribution in [2.75, 3.05) is 11.4 Å². The lowest BCUT2D eigenvalue weighted by molar-refractivity contribution is 0.0984. The van der Waals surface area contributed by atoms with Crippen LogP contribution in [0.5, 0.6) is 0 Å². The lowest BCUT2D eigenvalue weighted by Gasteiger charge is -2.30. The van der Waals surface area contributed by atoms with Crippen LogP contribution in [0.15, 0.2) is 17.5 Å². The number of hydrogen-bond acceptors (Lipinski definition) is 3. The number of amides is 1. The number of rotatable bonds is 2. The van der Waals surface area contributed by atoms with Gasteiger partial charge in [-0.1, -0.05) is 25.4 Å². The summed E-state index contributed by atoms with van der Waals surface area (Å²) in [5, 5.41) is 3.30. The Kier molecular flexibility index (Phi) is 4.24. The molecule has 1 aromatic carbocycles. The standard InChI is InChI=1S/C17H19ClN2OS/c1-10(2)14-9-22-16(19-14)17(21)20-6-4-5-12-8-13(18)7-11(3)15(12)20/h7-10H,4-6H2,1-3H3. The van der Waals surface area contributed by atoms with Gasteiger partial charge in [-0.3, -0.25) is 4.79 Å². The zero-order valence-corrected chi connectivity index (χ0v) is 14.6. The van der Waals surface area contributed by atoms with Gasteiger partial charge in [0, 0.05) is 16.9 Å². The van der Waals surface area contributed by atoms with Crippen molar-refractivity contribution >= 4 is 34.5 Å². The quantitative estimate of drug-likeness (QED) is 0.788. The molecule has 1 aliphatic rings. The molecule has 2 aromatic rings. The number of hydrogen-bond donors (Lipinski definition) is 0. The van der Waals surface area contributed by atoms with Crippen LogP contribution in [-0.2, 0) is 6.42 Å². The fraction of sp³-hybridized carbons (Fsp3) is 0.412. The third kappa shape index (κ3) is 2.77. The average molecular weight is 335 g/mol. The molecule has 3 nitrogen and oxygen atoms in total. The van der Waals surface area contributed by atoms with E-state index in [-0.39, 0.29) is 5.91 Å². The number of aryl methyl sites for hydroxylation is 2. The molecular formula is C17H19ClN2OS. The van der Waals surface area contributed by atoms with Crippen molar-refractivity contribution in [3.8, 4) is 0 Å². The molecule has 0 aliphatic carbocycles. The maximum atomic E-state index is 12.9. The highest BCUT2D eigenvalue weighted by Gasteiger charge is 2.27. The van der Waals surface area contributed by atoms with Crippen LogP contribution in [0.1, 0.15) is 52.8 Å². The molecule has 0 saturated carbocycles. The summed E-state index contributed by atoms with van der Waals surface area (Å²) in [7, 11) is 0. The molecule has 22 heavy (non-hydrogen) atoms. The first-order chi connectivity index (χ1) is 10.5. The second kappa shape index (κ2) is 6.01. The van der Waals surface area contributed by atoms with Crippen LogP contribution in [0.3, 0.4) is 0 Å². The number of carbonyl (C=O) groups excluding carboxylic acids is 1. The van der Waals surface area contributed by atoms with E-state index in [1.807, 2.05) is 29.3 Å². The van der Waals surface area contributed by atoms with Gasteiger partial charge in [0.15, 0.2) is 5.01 Å². The zero-order chi connectivity index (χ0) is 15.9. The van der Waals surface area contributed by atoms with Crippen molar-refractivity contribution in [3.63, 3.8) is 0 Å². The summed E-state index contributed by atoms with van der Waals surface area (Å²) in [5.41, 5.74) is 4.21. The fourth-order valence-corrected chi connectivity index (χ4v) is 4.11. The van der Waals surface area contributed by atoms with Crippen molar-refractivity contribution in [2.45, 2.75) is 39.5 Å². The highest BCUT2D eigenvalue weighted by molar-refractivity contribution is 7.11. The van der Waals surface area contributed by atoms with Crippen molar-refractivity contribution in [2.24, 2.45) is 0 Å². The van der Waals surface area contributed by atoms with Gasteiger partial charge >= 0.3 is 0 Å². The van der Waals surface area contributed by atoms with Crippen molar-refractivity contribution in [3.05, 3.63) is 44.4 Å². The largest absolute Gasteiger partial charge is 0.306 e. The Labute approximate surface area is 139 Å². The number of carbonyl (C=O) groups is 1. The zero-order valence-electron chi connectivity index (χ0n) is 13.0. The highest BCUT2D eigenvalue weighted by Crippen LogP contribution is 2.34. The molecule has 2 heterocycles. The van der Waals surface area contributed by atoms with Crippen molar-refractivity contribution in [1.29, 1.82) is 0 Å². The van der Waals surface area contributed by atoms with Crippen LogP contribution in [0.2, 0.25) is 5.02 Å². The Morgan fingerprint density at radius 3 is 2.86 bits per heavy atom. The maximum Gasteiger partial charge on any atom is 0.287 e. The van der Waals surface area contributed by atoms with E-state index >= 15 is 0 Å². The Balaban J connectivity index is 1.98. The Bertz CT molecular complexity index is 723. The van der Waals surface area contributed by atoms with E-state index in [0.717, 1.165) is 46.9 Å². The Hall–Kier alpha value is -1.39. The van der Waals surface area contributed by atoms with Gasteiger partial charge in [-0.25, -0.2) is 4.98 Å². The summed E-state index contributed by atoms with van der Waals surface area (Å²) in [4.78, 5) is 19.3. The molecule has 0 N–H and O–H groups in total. The van der Waals surface area contributed by atoms with Gasteiger partial charge < -0.3 is 4.90 Å². The molecule has 0 spiro atoms. The minimum absolute atomic E-state index is 0.00303. The van der Waals surface area contributed by atoms with Gasteiger partial charge in [0.1, 0.15) is 0 Å². The maximum absolute atomic E-state index is 12.9. The fourth-order valence-electron chi connectivity index (χ4n) is 2.89. The summed E-state index contributed by atoms with van der Waals surface area (Å²) in [5.74, 6) is 0.343. The second-order valence-electron chi connectivity index (χ2n) is 6.02. The van der Waals surface area contributed by atoms with Gasteiger partial charge in [-0.15, -0.1) is 11.3 Å². The number of nitrogens with zero attached hydrogens (tertiary/aromatic N) is 2. The van der Waals surface area contributed by atoms with E-state index in [1.54, 1.807) is 0 Å². The number of halogens is 1. The van der Waals surface area contributed by atoms with E-state index in [1.165, 1.54) is 11.3 Å². The molecule has 0 unspecified atom stereocenters. The molecule has 0 bridgehead atoms. The van der Waals surface area contributed by atoms with Crippen LogP contribution >= 0.6 is 22.9 Å². The van der Waals surface area contributed by atoms with Gasteiger partial charge in [0.05, 0.1) is 11.4 Å². The van der Waals surface area contributed by atoms with Crippen LogP contribution in [-0.4, -0.2) is 17.4 Å². The van der Waals surface area contributed by atoms with Gasteiger partial charge in [0.25, 0.3) is 5.91 Å². The first-order valence-corrected chi connectivity index (χ1v) is 8.79. The number of fused-ring (bicyclic) bond motifs is 1. The first-order valence-electron chi connectivity index (χ1n) is 7.53. The van der Waals surface area contributed by atoms with Gasteiger partial charge in [0.2, 0.25) is 0 Å². The van der Waals surface area contributed by atoms with E-state index in [4.69, 9.17) is 11.6 Å². The molecule has 1 amide bonds. The molecule has 0 saturated heterocycles. The molecule has 116 valence electrons. The molecular weight excluding hydrogens is 316 g/mol. The molecule has 0 fully saturated rings. The van der Waals surface area contributed by atoms with E-state index in [9.17, 15) is 4.79 Å². The molecule has 1 aromatic heterocycles. The third-order valence-electron chi connectivity index (χ3n) is 3.98. The number of anilines is 1. The second-order valence-corrected chi connectivity index (χ2v) is 7.32. The SMILES string of the molecule is Cc1cc(Cl)cc2c1N(C(=O)c1nc(C(C)C)cs1)CCC2.